The zero-order valence-corrected chi connectivity index (χ0v) is 5.79. The number of hydrogen-bond donors (Lipinski definition) is 1. The Bertz CT molecular complexity index is 401. The number of pyridine rings is 1. The van der Waals surface area contributed by atoms with E-state index < -0.39 is 0 Å². The van der Waals surface area contributed by atoms with Gasteiger partial charge in [-0.05, 0) is 6.07 Å². The molecule has 0 saturated carbocycles. The molecule has 0 unspecified atom stereocenters. The van der Waals surface area contributed by atoms with Gasteiger partial charge in [0.1, 0.15) is 0 Å². The van der Waals surface area contributed by atoms with Crippen LogP contribution in [-0.2, 0) is 0 Å². The molecule has 0 saturated heterocycles. The quantitative estimate of drug-likeness (QED) is 0.585. The fourth-order valence-corrected chi connectivity index (χ4v) is 1.03. The number of allylic oxidation sites excluding steroid dienone is 1. The number of aromatic amines is 1. The number of rotatable bonds is 0. The second kappa shape index (κ2) is 1.92. The summed E-state index contributed by atoms with van der Waals surface area (Å²) in [6, 6.07) is 3.14. The van der Waals surface area contributed by atoms with Crippen molar-refractivity contribution in [2.45, 2.75) is 0 Å². The van der Waals surface area contributed by atoms with Crippen LogP contribution in [0.5, 0.6) is 0 Å². The molecule has 0 amide bonds. The van der Waals surface area contributed by atoms with Crippen LogP contribution in [0.4, 0.5) is 5.69 Å². The van der Waals surface area contributed by atoms with Crippen molar-refractivity contribution < 1.29 is 0 Å². The molecule has 54 valence electrons. The van der Waals surface area contributed by atoms with Crippen LogP contribution in [0.15, 0.2) is 28.5 Å². The van der Waals surface area contributed by atoms with Crippen LogP contribution in [0.3, 0.4) is 0 Å². The highest BCUT2D eigenvalue weighted by molar-refractivity contribution is 6.14. The van der Waals surface area contributed by atoms with E-state index in [-0.39, 0.29) is 5.56 Å². The van der Waals surface area contributed by atoms with Crippen LogP contribution in [0.25, 0.3) is 5.57 Å². The van der Waals surface area contributed by atoms with E-state index >= 15 is 0 Å². The Balaban J connectivity index is 2.76. The molecule has 1 aliphatic rings. The Hall–Kier alpha value is -1.64. The van der Waals surface area contributed by atoms with Gasteiger partial charge in [-0.2, -0.15) is 0 Å². The van der Waals surface area contributed by atoms with Crippen molar-refractivity contribution in [2.24, 2.45) is 4.99 Å². The maximum atomic E-state index is 10.8. The zero-order chi connectivity index (χ0) is 7.84. The van der Waals surface area contributed by atoms with Crippen LogP contribution in [-0.4, -0.2) is 11.2 Å². The summed E-state index contributed by atoms with van der Waals surface area (Å²) >= 11 is 0. The Labute approximate surface area is 63.1 Å². The summed E-state index contributed by atoms with van der Waals surface area (Å²) in [5.74, 6) is 0. The van der Waals surface area contributed by atoms with Gasteiger partial charge in [0, 0.05) is 17.9 Å². The molecule has 1 aliphatic heterocycles. The first kappa shape index (κ1) is 6.09. The molecular weight excluding hydrogens is 140 g/mol. The molecule has 11 heavy (non-hydrogen) atoms. The number of aromatic nitrogens is 1. The van der Waals surface area contributed by atoms with E-state index in [0.29, 0.717) is 0 Å². The molecule has 3 heteroatoms. The molecule has 0 atom stereocenters. The smallest absolute Gasteiger partial charge is 0.248 e. The second-order valence-electron chi connectivity index (χ2n) is 2.37. The van der Waals surface area contributed by atoms with Gasteiger partial charge in [-0.1, -0.05) is 6.58 Å². The molecular formula is C8H6N2O. The largest absolute Gasteiger partial charge is 0.320 e. The number of aliphatic imine (C=N–C) groups is 1. The average molecular weight is 146 g/mol. The Morgan fingerprint density at radius 1 is 1.45 bits per heavy atom. The lowest BCUT2D eigenvalue weighted by atomic mass is 10.2. The Kier molecular flexibility index (Phi) is 1.06. The highest BCUT2D eigenvalue weighted by Crippen LogP contribution is 2.25. The lowest BCUT2D eigenvalue weighted by Gasteiger charge is -1.94. The Morgan fingerprint density at radius 2 is 2.27 bits per heavy atom. The van der Waals surface area contributed by atoms with Gasteiger partial charge in [0.15, 0.2) is 0 Å². The number of nitrogens with zero attached hydrogens (tertiary/aromatic N) is 1. The summed E-state index contributed by atoms with van der Waals surface area (Å²) < 4.78 is 0. The van der Waals surface area contributed by atoms with Crippen molar-refractivity contribution in [2.75, 3.05) is 0 Å². The molecule has 1 aromatic rings. The van der Waals surface area contributed by atoms with Crippen LogP contribution in [0.1, 0.15) is 5.69 Å². The van der Waals surface area contributed by atoms with Crippen LogP contribution in [0.2, 0.25) is 0 Å². The van der Waals surface area contributed by atoms with E-state index in [1.807, 2.05) is 0 Å². The van der Waals surface area contributed by atoms with Gasteiger partial charge in [0.05, 0.1) is 11.4 Å². The standard InChI is InChI=1S/C8H6N2O/c1-5-4-9-6-2-3-7(11)10-8(5)6/h2-4H,1H2,(H,10,11). The van der Waals surface area contributed by atoms with Crippen molar-refractivity contribution in [3.63, 3.8) is 0 Å². The summed E-state index contributed by atoms with van der Waals surface area (Å²) in [4.78, 5) is 17.5. The normalized spacial score (nSPS) is 13.6. The minimum Gasteiger partial charge on any atom is -0.320 e. The molecule has 0 spiro atoms. The highest BCUT2D eigenvalue weighted by atomic mass is 16.1. The predicted octanol–water partition coefficient (Wildman–Crippen LogP) is 1.10. The molecule has 3 nitrogen and oxygen atoms in total. The average Bonchev–Trinajstić information content (AvgIpc) is 2.33. The van der Waals surface area contributed by atoms with E-state index in [1.165, 1.54) is 6.07 Å². The highest BCUT2D eigenvalue weighted by Gasteiger charge is 2.09. The number of H-pyrrole nitrogens is 1. The van der Waals surface area contributed by atoms with Gasteiger partial charge in [0.25, 0.3) is 0 Å². The van der Waals surface area contributed by atoms with Gasteiger partial charge in [-0.15, -0.1) is 0 Å². The SMILES string of the molecule is C=C1C=Nc2ccc(=O)[nH]c21. The molecule has 2 rings (SSSR count). The molecule has 0 fully saturated rings. The summed E-state index contributed by atoms with van der Waals surface area (Å²) in [6.07, 6.45) is 1.64. The van der Waals surface area contributed by atoms with Gasteiger partial charge < -0.3 is 4.98 Å². The number of fused-ring (bicyclic) bond motifs is 1. The van der Waals surface area contributed by atoms with Crippen molar-refractivity contribution in [1.29, 1.82) is 0 Å². The van der Waals surface area contributed by atoms with Crippen molar-refractivity contribution in [3.05, 3.63) is 34.8 Å². The van der Waals surface area contributed by atoms with Gasteiger partial charge >= 0.3 is 0 Å². The first-order valence-electron chi connectivity index (χ1n) is 3.24. The maximum absolute atomic E-state index is 10.8. The van der Waals surface area contributed by atoms with Crippen molar-refractivity contribution in [1.82, 2.24) is 4.98 Å². The Morgan fingerprint density at radius 3 is 3.09 bits per heavy atom. The first-order valence-corrected chi connectivity index (χ1v) is 3.24. The zero-order valence-electron chi connectivity index (χ0n) is 5.79. The maximum Gasteiger partial charge on any atom is 0.248 e. The number of hydrogen-bond acceptors (Lipinski definition) is 2. The molecule has 0 bridgehead atoms. The van der Waals surface area contributed by atoms with Crippen LogP contribution in [0, 0.1) is 0 Å². The minimum absolute atomic E-state index is 0.115. The summed E-state index contributed by atoms with van der Waals surface area (Å²) in [5.41, 5.74) is 2.17. The summed E-state index contributed by atoms with van der Waals surface area (Å²) in [5, 5.41) is 0. The van der Waals surface area contributed by atoms with E-state index in [9.17, 15) is 4.79 Å². The summed E-state index contributed by atoms with van der Waals surface area (Å²) in [7, 11) is 0. The fourth-order valence-electron chi connectivity index (χ4n) is 1.03. The topological polar surface area (TPSA) is 45.2 Å². The number of nitrogens with one attached hydrogen (secondary N) is 1. The van der Waals surface area contributed by atoms with Crippen LogP contribution >= 0.6 is 0 Å². The third-order valence-electron chi connectivity index (χ3n) is 1.58. The minimum atomic E-state index is -0.115. The third kappa shape index (κ3) is 0.816. The predicted molar refractivity (Wildman–Crippen MR) is 44.2 cm³/mol. The van der Waals surface area contributed by atoms with E-state index in [4.69, 9.17) is 0 Å². The van der Waals surface area contributed by atoms with E-state index in [0.717, 1.165) is 17.0 Å². The lowest BCUT2D eigenvalue weighted by Crippen LogP contribution is -2.04. The third-order valence-corrected chi connectivity index (χ3v) is 1.58. The van der Waals surface area contributed by atoms with Gasteiger partial charge in [-0.25, -0.2) is 0 Å². The molecule has 1 aromatic heterocycles. The molecule has 0 aliphatic carbocycles. The van der Waals surface area contributed by atoms with Crippen LogP contribution < -0.4 is 5.56 Å². The second-order valence-corrected chi connectivity index (χ2v) is 2.37. The van der Waals surface area contributed by atoms with E-state index in [2.05, 4.69) is 16.6 Å². The first-order chi connectivity index (χ1) is 5.27. The van der Waals surface area contributed by atoms with Crippen molar-refractivity contribution in [3.8, 4) is 0 Å². The van der Waals surface area contributed by atoms with Gasteiger partial charge in [-0.3, -0.25) is 9.79 Å². The summed E-state index contributed by atoms with van der Waals surface area (Å²) in [6.45, 7) is 3.72. The molecule has 2 heterocycles. The molecule has 1 N–H and O–H groups in total. The molecule has 0 aromatic carbocycles. The van der Waals surface area contributed by atoms with Gasteiger partial charge in [0.2, 0.25) is 5.56 Å². The van der Waals surface area contributed by atoms with Crippen molar-refractivity contribution >= 4 is 17.5 Å². The monoisotopic (exact) mass is 146 g/mol. The molecule has 0 radical (unpaired) electrons. The van der Waals surface area contributed by atoms with E-state index in [1.54, 1.807) is 12.3 Å². The lowest BCUT2D eigenvalue weighted by molar-refractivity contribution is 1.21. The fraction of sp³-hybridized carbons (Fsp3) is 0.